The molecule has 0 unspecified atom stereocenters. The molecule has 0 aliphatic heterocycles. The van der Waals surface area contributed by atoms with Gasteiger partial charge in [0.05, 0.1) is 5.39 Å². The number of fused-ring (bicyclic) bond motifs is 1. The fourth-order valence-electron chi connectivity index (χ4n) is 2.00. The van der Waals surface area contributed by atoms with Gasteiger partial charge >= 0.3 is 0 Å². The maximum atomic E-state index is 12.2. The highest BCUT2D eigenvalue weighted by Gasteiger charge is 2.12. The Labute approximate surface area is 122 Å². The minimum atomic E-state index is -0.0546. The van der Waals surface area contributed by atoms with Crippen molar-refractivity contribution in [1.29, 1.82) is 0 Å². The molecule has 3 aromatic rings. The van der Waals surface area contributed by atoms with Crippen molar-refractivity contribution in [3.63, 3.8) is 0 Å². The van der Waals surface area contributed by atoms with E-state index in [0.717, 1.165) is 32.7 Å². The third kappa shape index (κ3) is 2.24. The normalized spacial score (nSPS) is 11.1. The molecule has 0 fully saturated rings. The van der Waals surface area contributed by atoms with Crippen LogP contribution in [0.4, 0.5) is 0 Å². The van der Waals surface area contributed by atoms with Crippen LogP contribution in [0.2, 0.25) is 0 Å². The van der Waals surface area contributed by atoms with Crippen molar-refractivity contribution in [2.45, 2.75) is 13.3 Å². The number of hydrogen-bond donors (Lipinski definition) is 1. The second-order valence-corrected chi connectivity index (χ2v) is 5.98. The molecular weight excluding hydrogens is 324 g/mol. The van der Waals surface area contributed by atoms with E-state index in [1.165, 1.54) is 11.3 Å². The number of rotatable bonds is 2. The number of aromatic amines is 1. The van der Waals surface area contributed by atoms with Gasteiger partial charge in [-0.1, -0.05) is 35.0 Å². The van der Waals surface area contributed by atoms with E-state index in [4.69, 9.17) is 0 Å². The van der Waals surface area contributed by atoms with Gasteiger partial charge in [-0.15, -0.1) is 11.3 Å². The third-order valence-electron chi connectivity index (χ3n) is 2.98. The average molecular weight is 335 g/mol. The van der Waals surface area contributed by atoms with Crippen LogP contribution >= 0.6 is 27.3 Å². The minimum Gasteiger partial charge on any atom is -0.310 e. The highest BCUT2D eigenvalue weighted by atomic mass is 79.9. The zero-order valence-electron chi connectivity index (χ0n) is 10.2. The van der Waals surface area contributed by atoms with Crippen LogP contribution in [0.5, 0.6) is 0 Å². The van der Waals surface area contributed by atoms with Crippen LogP contribution in [0.3, 0.4) is 0 Å². The van der Waals surface area contributed by atoms with Gasteiger partial charge < -0.3 is 4.98 Å². The van der Waals surface area contributed by atoms with Crippen molar-refractivity contribution in [3.8, 4) is 11.1 Å². The molecule has 19 heavy (non-hydrogen) atoms. The summed E-state index contributed by atoms with van der Waals surface area (Å²) in [5, 5.41) is 2.68. The van der Waals surface area contributed by atoms with Gasteiger partial charge in [0.1, 0.15) is 10.7 Å². The Bertz CT molecular complexity index is 789. The second kappa shape index (κ2) is 4.90. The lowest BCUT2D eigenvalue weighted by Gasteiger charge is -2.00. The number of aromatic nitrogens is 2. The monoisotopic (exact) mass is 334 g/mol. The number of halogens is 1. The van der Waals surface area contributed by atoms with E-state index in [2.05, 4.69) is 25.9 Å². The summed E-state index contributed by atoms with van der Waals surface area (Å²) in [6, 6.07) is 7.94. The summed E-state index contributed by atoms with van der Waals surface area (Å²) in [5.41, 5.74) is 1.93. The van der Waals surface area contributed by atoms with E-state index < -0.39 is 0 Å². The predicted octanol–water partition coefficient (Wildman–Crippen LogP) is 3.98. The maximum Gasteiger partial charge on any atom is 0.260 e. The highest BCUT2D eigenvalue weighted by Crippen LogP contribution is 2.31. The highest BCUT2D eigenvalue weighted by molar-refractivity contribution is 9.10. The standard InChI is InChI=1S/C14H11BrN2OS/c1-2-11-16-13(18)12-10(7-19-14(12)17-11)8-3-5-9(15)6-4-8/h3-7H,2H2,1H3,(H,16,17,18). The molecule has 0 aliphatic carbocycles. The number of thiophene rings is 1. The molecule has 2 aromatic heterocycles. The fourth-order valence-corrected chi connectivity index (χ4v) is 3.23. The first kappa shape index (κ1) is 12.6. The van der Waals surface area contributed by atoms with Crippen LogP contribution in [0.25, 0.3) is 21.3 Å². The first-order valence-electron chi connectivity index (χ1n) is 5.95. The Kier molecular flexibility index (Phi) is 3.24. The lowest BCUT2D eigenvalue weighted by atomic mass is 10.1. The Morgan fingerprint density at radius 2 is 2.05 bits per heavy atom. The van der Waals surface area contributed by atoms with Gasteiger partial charge in [0.2, 0.25) is 0 Å². The number of H-pyrrole nitrogens is 1. The number of nitrogens with one attached hydrogen (secondary N) is 1. The van der Waals surface area contributed by atoms with Crippen molar-refractivity contribution in [2.75, 3.05) is 0 Å². The lowest BCUT2D eigenvalue weighted by molar-refractivity contribution is 0.948. The number of hydrogen-bond acceptors (Lipinski definition) is 3. The molecule has 2 heterocycles. The van der Waals surface area contributed by atoms with Crippen LogP contribution in [0.15, 0.2) is 38.9 Å². The van der Waals surface area contributed by atoms with E-state index >= 15 is 0 Å². The van der Waals surface area contributed by atoms with E-state index in [0.29, 0.717) is 5.39 Å². The summed E-state index contributed by atoms with van der Waals surface area (Å²) in [4.78, 5) is 20.3. The van der Waals surface area contributed by atoms with Gasteiger partial charge in [-0.2, -0.15) is 0 Å². The second-order valence-electron chi connectivity index (χ2n) is 4.20. The molecule has 3 nitrogen and oxygen atoms in total. The largest absolute Gasteiger partial charge is 0.310 e. The van der Waals surface area contributed by atoms with Crippen LogP contribution in [0.1, 0.15) is 12.7 Å². The summed E-state index contributed by atoms with van der Waals surface area (Å²) in [6.45, 7) is 1.98. The lowest BCUT2D eigenvalue weighted by Crippen LogP contribution is -2.10. The van der Waals surface area contributed by atoms with Crippen LogP contribution < -0.4 is 5.56 Å². The summed E-state index contributed by atoms with van der Waals surface area (Å²) in [6.07, 6.45) is 0.733. The zero-order valence-corrected chi connectivity index (χ0v) is 12.6. The predicted molar refractivity (Wildman–Crippen MR) is 82.8 cm³/mol. The van der Waals surface area contributed by atoms with Gasteiger partial charge in [-0.05, 0) is 17.7 Å². The van der Waals surface area contributed by atoms with Gasteiger partial charge in [-0.3, -0.25) is 4.79 Å². The molecule has 0 atom stereocenters. The molecule has 0 spiro atoms. The zero-order chi connectivity index (χ0) is 13.4. The van der Waals surface area contributed by atoms with Crippen molar-refractivity contribution in [2.24, 2.45) is 0 Å². The molecule has 0 aliphatic rings. The Balaban J connectivity index is 2.26. The van der Waals surface area contributed by atoms with Crippen LogP contribution in [-0.2, 0) is 6.42 Å². The first-order chi connectivity index (χ1) is 9.19. The summed E-state index contributed by atoms with van der Waals surface area (Å²) in [5.74, 6) is 0.738. The average Bonchev–Trinajstić information content (AvgIpc) is 2.84. The smallest absolute Gasteiger partial charge is 0.260 e. The molecular formula is C14H11BrN2OS. The maximum absolute atomic E-state index is 12.2. The summed E-state index contributed by atoms with van der Waals surface area (Å²) < 4.78 is 1.02. The number of aryl methyl sites for hydroxylation is 1. The Morgan fingerprint density at radius 1 is 1.32 bits per heavy atom. The Morgan fingerprint density at radius 3 is 2.74 bits per heavy atom. The van der Waals surface area contributed by atoms with Crippen molar-refractivity contribution in [3.05, 3.63) is 50.3 Å². The quantitative estimate of drug-likeness (QED) is 0.770. The fraction of sp³-hybridized carbons (Fsp3) is 0.143. The van der Waals surface area contributed by atoms with E-state index in [-0.39, 0.29) is 5.56 Å². The molecule has 3 rings (SSSR count). The molecule has 0 bridgehead atoms. The van der Waals surface area contributed by atoms with Crippen LogP contribution in [-0.4, -0.2) is 9.97 Å². The van der Waals surface area contributed by atoms with E-state index in [1.807, 2.05) is 36.6 Å². The first-order valence-corrected chi connectivity index (χ1v) is 7.62. The Hall–Kier alpha value is -1.46. The van der Waals surface area contributed by atoms with E-state index in [1.54, 1.807) is 0 Å². The summed E-state index contributed by atoms with van der Waals surface area (Å²) in [7, 11) is 0. The molecule has 0 saturated heterocycles. The molecule has 0 amide bonds. The van der Waals surface area contributed by atoms with Gasteiger partial charge in [0.25, 0.3) is 5.56 Å². The SMILES string of the molecule is CCc1nc2scc(-c3ccc(Br)cc3)c2c(=O)[nH]1. The number of nitrogens with zero attached hydrogens (tertiary/aromatic N) is 1. The molecule has 1 N–H and O–H groups in total. The number of benzene rings is 1. The van der Waals surface area contributed by atoms with Gasteiger partial charge in [0, 0.05) is 21.8 Å². The minimum absolute atomic E-state index is 0.0546. The van der Waals surface area contributed by atoms with Gasteiger partial charge in [-0.25, -0.2) is 4.98 Å². The van der Waals surface area contributed by atoms with Gasteiger partial charge in [0.15, 0.2) is 0 Å². The van der Waals surface area contributed by atoms with Crippen molar-refractivity contribution in [1.82, 2.24) is 9.97 Å². The van der Waals surface area contributed by atoms with Crippen molar-refractivity contribution >= 4 is 37.5 Å². The molecule has 96 valence electrons. The third-order valence-corrected chi connectivity index (χ3v) is 4.38. The van der Waals surface area contributed by atoms with Crippen molar-refractivity contribution < 1.29 is 0 Å². The molecule has 5 heteroatoms. The molecule has 0 saturated carbocycles. The molecule has 0 radical (unpaired) electrons. The van der Waals surface area contributed by atoms with E-state index in [9.17, 15) is 4.79 Å². The summed E-state index contributed by atoms with van der Waals surface area (Å²) >= 11 is 4.93. The topological polar surface area (TPSA) is 45.8 Å². The van der Waals surface area contributed by atoms with Crippen LogP contribution in [0, 0.1) is 0 Å². The molecule has 1 aromatic carbocycles.